The number of anilines is 1. The number of pyridine rings is 1. The number of aryl methyl sites for hydroxylation is 1. The summed E-state index contributed by atoms with van der Waals surface area (Å²) in [7, 11) is 0. The maximum Gasteiger partial charge on any atom is 0.418 e. The molecular weight excluding hydrogens is 400 g/mol. The third-order valence-corrected chi connectivity index (χ3v) is 6.05. The van der Waals surface area contributed by atoms with E-state index in [1.807, 2.05) is 6.92 Å². The molecule has 2 nitrogen and oxygen atoms in total. The molecular formula is C22H16F4N2S. The Morgan fingerprint density at radius 2 is 1.72 bits per heavy atom. The molecule has 2 heterocycles. The van der Waals surface area contributed by atoms with E-state index in [4.69, 9.17) is 0 Å². The number of hydrogen-bond donors (Lipinski definition) is 1. The second-order valence-electron chi connectivity index (χ2n) is 6.64. The van der Waals surface area contributed by atoms with Crippen molar-refractivity contribution in [1.82, 2.24) is 4.98 Å². The standard InChI is InChI=1S/C22H16F4N2S/c1-13-17-11-16(23)3-5-20(17)29-21(13)12-28-19-4-2-15(10-18(19)22(24,25)26)14-6-8-27-9-7-14/h2-11,28H,12H2,1H3. The average Bonchev–Trinajstić information content (AvgIpc) is 3.01. The zero-order valence-corrected chi connectivity index (χ0v) is 16.2. The van der Waals surface area contributed by atoms with E-state index >= 15 is 0 Å². The van der Waals surface area contributed by atoms with Gasteiger partial charge in [-0.2, -0.15) is 13.2 Å². The lowest BCUT2D eigenvalue weighted by Crippen LogP contribution is -2.11. The predicted octanol–water partition coefficient (Wildman–Crippen LogP) is 7.04. The number of nitrogens with one attached hydrogen (secondary N) is 1. The summed E-state index contributed by atoms with van der Waals surface area (Å²) in [6.07, 6.45) is -1.41. The van der Waals surface area contributed by atoms with Gasteiger partial charge in [0.15, 0.2) is 0 Å². The molecule has 148 valence electrons. The van der Waals surface area contributed by atoms with Gasteiger partial charge in [0, 0.05) is 34.2 Å². The Kier molecular flexibility index (Phi) is 5.00. The second kappa shape index (κ2) is 7.48. The Labute approximate surface area is 168 Å². The molecule has 29 heavy (non-hydrogen) atoms. The van der Waals surface area contributed by atoms with Crippen molar-refractivity contribution in [3.8, 4) is 11.1 Å². The molecule has 0 unspecified atom stereocenters. The Balaban J connectivity index is 1.66. The fraction of sp³-hybridized carbons (Fsp3) is 0.136. The Hall–Kier alpha value is -2.93. The lowest BCUT2D eigenvalue weighted by molar-refractivity contribution is -0.136. The van der Waals surface area contributed by atoms with Crippen LogP contribution in [0.4, 0.5) is 23.2 Å². The molecule has 0 atom stereocenters. The summed E-state index contributed by atoms with van der Waals surface area (Å²) in [5.74, 6) is -0.330. The summed E-state index contributed by atoms with van der Waals surface area (Å²) >= 11 is 1.45. The van der Waals surface area contributed by atoms with Crippen molar-refractivity contribution in [3.63, 3.8) is 0 Å². The van der Waals surface area contributed by atoms with Crippen molar-refractivity contribution in [2.45, 2.75) is 19.6 Å². The van der Waals surface area contributed by atoms with Crippen molar-refractivity contribution in [2.75, 3.05) is 5.32 Å². The summed E-state index contributed by atoms with van der Waals surface area (Å²) in [6.45, 7) is 2.08. The number of halogens is 4. The largest absolute Gasteiger partial charge is 0.418 e. The van der Waals surface area contributed by atoms with Gasteiger partial charge >= 0.3 is 6.18 Å². The first-order chi connectivity index (χ1) is 13.8. The molecule has 0 aliphatic carbocycles. The first-order valence-corrected chi connectivity index (χ1v) is 9.67. The monoisotopic (exact) mass is 416 g/mol. The number of alkyl halides is 3. The predicted molar refractivity (Wildman–Crippen MR) is 109 cm³/mol. The fourth-order valence-electron chi connectivity index (χ4n) is 3.24. The van der Waals surface area contributed by atoms with Gasteiger partial charge in [-0.1, -0.05) is 6.07 Å². The molecule has 0 bridgehead atoms. The lowest BCUT2D eigenvalue weighted by atomic mass is 10.0. The number of rotatable bonds is 4. The molecule has 0 radical (unpaired) electrons. The minimum atomic E-state index is -4.50. The molecule has 0 amide bonds. The zero-order valence-electron chi connectivity index (χ0n) is 15.3. The summed E-state index contributed by atoms with van der Waals surface area (Å²) in [6, 6.07) is 12.1. The molecule has 0 saturated carbocycles. The third kappa shape index (κ3) is 3.96. The summed E-state index contributed by atoms with van der Waals surface area (Å²) in [4.78, 5) is 4.77. The van der Waals surface area contributed by atoms with Crippen LogP contribution in [0.3, 0.4) is 0 Å². The molecule has 0 aliphatic rings. The van der Waals surface area contributed by atoms with Crippen molar-refractivity contribution < 1.29 is 17.6 Å². The van der Waals surface area contributed by atoms with Gasteiger partial charge < -0.3 is 5.32 Å². The number of hydrogen-bond acceptors (Lipinski definition) is 3. The number of benzene rings is 2. The van der Waals surface area contributed by atoms with Crippen LogP contribution in [-0.4, -0.2) is 4.98 Å². The molecule has 4 rings (SSSR count). The normalized spacial score (nSPS) is 11.8. The highest BCUT2D eigenvalue weighted by Crippen LogP contribution is 2.38. The van der Waals surface area contributed by atoms with Gasteiger partial charge in [-0.25, -0.2) is 4.39 Å². The number of fused-ring (bicyclic) bond motifs is 1. The van der Waals surface area contributed by atoms with E-state index in [1.54, 1.807) is 36.7 Å². The maximum absolute atomic E-state index is 13.7. The summed E-state index contributed by atoms with van der Waals surface area (Å²) in [5, 5.41) is 3.70. The van der Waals surface area contributed by atoms with E-state index in [9.17, 15) is 17.6 Å². The van der Waals surface area contributed by atoms with Gasteiger partial charge in [0.1, 0.15) is 5.82 Å². The highest BCUT2D eigenvalue weighted by Gasteiger charge is 2.34. The molecule has 4 aromatic rings. The van der Waals surface area contributed by atoms with Crippen LogP contribution in [0.2, 0.25) is 0 Å². The van der Waals surface area contributed by atoms with Crippen LogP contribution in [0.15, 0.2) is 60.9 Å². The smallest absolute Gasteiger partial charge is 0.380 e. The number of aromatic nitrogens is 1. The molecule has 0 spiro atoms. The first-order valence-electron chi connectivity index (χ1n) is 8.86. The van der Waals surface area contributed by atoms with E-state index < -0.39 is 11.7 Å². The van der Waals surface area contributed by atoms with Crippen LogP contribution in [0.25, 0.3) is 21.2 Å². The molecule has 2 aromatic carbocycles. The van der Waals surface area contributed by atoms with E-state index in [0.717, 1.165) is 26.6 Å². The van der Waals surface area contributed by atoms with Gasteiger partial charge in [-0.3, -0.25) is 4.98 Å². The van der Waals surface area contributed by atoms with Gasteiger partial charge in [0.2, 0.25) is 0 Å². The van der Waals surface area contributed by atoms with E-state index in [1.165, 1.54) is 29.5 Å². The molecule has 0 fully saturated rings. The SMILES string of the molecule is Cc1c(CNc2ccc(-c3ccncc3)cc2C(F)(F)F)sc2ccc(F)cc12. The van der Waals surface area contributed by atoms with Crippen LogP contribution in [0.5, 0.6) is 0 Å². The number of nitrogens with zero attached hydrogens (tertiary/aromatic N) is 1. The quantitative estimate of drug-likeness (QED) is 0.361. The minimum Gasteiger partial charge on any atom is -0.380 e. The maximum atomic E-state index is 13.7. The summed E-state index contributed by atoms with van der Waals surface area (Å²) < 4.78 is 55.4. The van der Waals surface area contributed by atoms with E-state index in [0.29, 0.717) is 11.1 Å². The summed E-state index contributed by atoms with van der Waals surface area (Å²) in [5.41, 5.74) is 1.30. The minimum absolute atomic E-state index is 0.0124. The van der Waals surface area contributed by atoms with Crippen LogP contribution in [0.1, 0.15) is 16.0 Å². The second-order valence-corrected chi connectivity index (χ2v) is 7.78. The molecule has 7 heteroatoms. The number of thiophene rings is 1. The zero-order chi connectivity index (χ0) is 20.6. The lowest BCUT2D eigenvalue weighted by Gasteiger charge is -2.16. The van der Waals surface area contributed by atoms with Crippen LogP contribution < -0.4 is 5.32 Å². The van der Waals surface area contributed by atoms with Crippen molar-refractivity contribution in [1.29, 1.82) is 0 Å². The Morgan fingerprint density at radius 1 is 0.966 bits per heavy atom. The van der Waals surface area contributed by atoms with Gasteiger partial charge in [0.05, 0.1) is 5.56 Å². The third-order valence-electron chi connectivity index (χ3n) is 4.78. The fourth-order valence-corrected chi connectivity index (χ4v) is 4.38. The average molecular weight is 416 g/mol. The van der Waals surface area contributed by atoms with E-state index in [2.05, 4.69) is 10.3 Å². The van der Waals surface area contributed by atoms with Crippen molar-refractivity contribution in [3.05, 3.63) is 82.7 Å². The van der Waals surface area contributed by atoms with Crippen molar-refractivity contribution >= 4 is 27.1 Å². The highest BCUT2D eigenvalue weighted by molar-refractivity contribution is 7.19. The first kappa shape index (κ1) is 19.4. The van der Waals surface area contributed by atoms with Crippen LogP contribution >= 0.6 is 11.3 Å². The van der Waals surface area contributed by atoms with Gasteiger partial charge in [-0.05, 0) is 71.5 Å². The molecule has 0 aliphatic heterocycles. The van der Waals surface area contributed by atoms with Gasteiger partial charge in [0.25, 0.3) is 0 Å². The van der Waals surface area contributed by atoms with Crippen molar-refractivity contribution in [2.24, 2.45) is 0 Å². The molecule has 2 aromatic heterocycles. The Morgan fingerprint density at radius 3 is 2.45 bits per heavy atom. The Bertz CT molecular complexity index is 1170. The van der Waals surface area contributed by atoms with Crippen LogP contribution in [-0.2, 0) is 12.7 Å². The van der Waals surface area contributed by atoms with Gasteiger partial charge in [-0.15, -0.1) is 11.3 Å². The van der Waals surface area contributed by atoms with Crippen LogP contribution in [0, 0.1) is 12.7 Å². The van der Waals surface area contributed by atoms with E-state index in [-0.39, 0.29) is 18.0 Å². The molecule has 0 saturated heterocycles. The highest BCUT2D eigenvalue weighted by atomic mass is 32.1. The molecule has 1 N–H and O–H groups in total. The topological polar surface area (TPSA) is 24.9 Å².